The number of hydrogen-bond acceptors (Lipinski definition) is 3. The molecule has 3 fully saturated rings. The van der Waals surface area contributed by atoms with Crippen molar-refractivity contribution < 1.29 is 4.74 Å². The third kappa shape index (κ3) is 4.03. The summed E-state index contributed by atoms with van der Waals surface area (Å²) in [5.41, 5.74) is 1.49. The van der Waals surface area contributed by atoms with Gasteiger partial charge >= 0.3 is 0 Å². The van der Waals surface area contributed by atoms with Crippen LogP contribution in [0.2, 0.25) is 0 Å². The number of hydrogen-bond donors (Lipinski definition) is 0. The molecule has 0 spiro atoms. The molecular formula is C22H34N2O. The second kappa shape index (κ2) is 8.09. The quantitative estimate of drug-likeness (QED) is 0.776. The first-order chi connectivity index (χ1) is 12.3. The fourth-order valence-corrected chi connectivity index (χ4v) is 5.23. The van der Waals surface area contributed by atoms with Crippen molar-refractivity contribution >= 4 is 0 Å². The minimum absolute atomic E-state index is 0.648. The summed E-state index contributed by atoms with van der Waals surface area (Å²) in [7, 11) is 2.26. The van der Waals surface area contributed by atoms with Gasteiger partial charge in [0.05, 0.1) is 6.61 Å². The summed E-state index contributed by atoms with van der Waals surface area (Å²) in [5, 5.41) is 0. The number of benzene rings is 1. The SMILES string of the molecule is CN1CCCCC1CCOc1ccc([C@H]2CC[C@H]3CCCCN32)cc1. The second-order valence-corrected chi connectivity index (χ2v) is 8.32. The van der Waals surface area contributed by atoms with E-state index in [-0.39, 0.29) is 0 Å². The molecule has 3 saturated heterocycles. The van der Waals surface area contributed by atoms with E-state index in [2.05, 4.69) is 41.1 Å². The lowest BCUT2D eigenvalue weighted by Crippen LogP contribution is -2.37. The van der Waals surface area contributed by atoms with Crippen LogP contribution in [0.1, 0.15) is 69.4 Å². The smallest absolute Gasteiger partial charge is 0.119 e. The van der Waals surface area contributed by atoms with E-state index in [1.807, 2.05) is 0 Å². The Labute approximate surface area is 153 Å². The lowest BCUT2D eigenvalue weighted by Gasteiger charge is -2.34. The van der Waals surface area contributed by atoms with Gasteiger partial charge in [0, 0.05) is 18.1 Å². The maximum atomic E-state index is 6.04. The molecule has 0 radical (unpaired) electrons. The predicted octanol–water partition coefficient (Wildman–Crippen LogP) is 4.63. The summed E-state index contributed by atoms with van der Waals surface area (Å²) in [6.07, 6.45) is 12.1. The van der Waals surface area contributed by atoms with Crippen LogP contribution in [-0.4, -0.2) is 48.6 Å². The summed E-state index contributed by atoms with van der Waals surface area (Å²) in [5.74, 6) is 1.04. The van der Waals surface area contributed by atoms with Gasteiger partial charge in [-0.3, -0.25) is 4.90 Å². The minimum Gasteiger partial charge on any atom is -0.494 e. The van der Waals surface area contributed by atoms with Crippen LogP contribution in [0.25, 0.3) is 0 Å². The van der Waals surface area contributed by atoms with Crippen molar-refractivity contribution in [3.05, 3.63) is 29.8 Å². The maximum absolute atomic E-state index is 6.04. The van der Waals surface area contributed by atoms with E-state index in [9.17, 15) is 0 Å². The molecule has 25 heavy (non-hydrogen) atoms. The molecule has 0 aromatic heterocycles. The van der Waals surface area contributed by atoms with Gasteiger partial charge in [-0.05, 0) is 82.8 Å². The first kappa shape index (κ1) is 17.4. The molecular weight excluding hydrogens is 308 g/mol. The molecule has 3 heteroatoms. The molecule has 1 aromatic carbocycles. The van der Waals surface area contributed by atoms with Crippen LogP contribution in [0.5, 0.6) is 5.75 Å². The normalized spacial score (nSPS) is 31.0. The maximum Gasteiger partial charge on any atom is 0.119 e. The molecule has 1 unspecified atom stereocenters. The number of nitrogens with zero attached hydrogens (tertiary/aromatic N) is 2. The zero-order valence-electron chi connectivity index (χ0n) is 15.8. The molecule has 3 aliphatic heterocycles. The van der Waals surface area contributed by atoms with E-state index in [0.717, 1.165) is 24.8 Å². The number of likely N-dealkylation sites (tertiary alicyclic amines) is 1. The average molecular weight is 343 g/mol. The fraction of sp³-hybridized carbons (Fsp3) is 0.727. The molecule has 3 atom stereocenters. The Morgan fingerprint density at radius 1 is 0.920 bits per heavy atom. The van der Waals surface area contributed by atoms with Crippen molar-refractivity contribution in [3.8, 4) is 5.75 Å². The van der Waals surface area contributed by atoms with Gasteiger partial charge in [-0.25, -0.2) is 0 Å². The molecule has 0 bridgehead atoms. The summed E-state index contributed by atoms with van der Waals surface area (Å²) in [6, 6.07) is 11.2. The highest BCUT2D eigenvalue weighted by molar-refractivity contribution is 5.30. The summed E-state index contributed by atoms with van der Waals surface area (Å²) in [4.78, 5) is 5.27. The molecule has 1 aromatic rings. The predicted molar refractivity (Wildman–Crippen MR) is 103 cm³/mol. The van der Waals surface area contributed by atoms with E-state index >= 15 is 0 Å². The van der Waals surface area contributed by atoms with E-state index in [1.54, 1.807) is 0 Å². The van der Waals surface area contributed by atoms with Crippen LogP contribution >= 0.6 is 0 Å². The zero-order valence-corrected chi connectivity index (χ0v) is 15.8. The Morgan fingerprint density at radius 2 is 1.72 bits per heavy atom. The molecule has 0 amide bonds. The van der Waals surface area contributed by atoms with Crippen LogP contribution in [0.15, 0.2) is 24.3 Å². The molecule has 3 aliphatic rings. The number of piperidine rings is 2. The number of ether oxygens (including phenoxy) is 1. The molecule has 0 aliphatic carbocycles. The third-order valence-electron chi connectivity index (χ3n) is 6.75. The highest BCUT2D eigenvalue weighted by atomic mass is 16.5. The van der Waals surface area contributed by atoms with Crippen LogP contribution in [0, 0.1) is 0 Å². The van der Waals surface area contributed by atoms with Gasteiger partial charge in [0.1, 0.15) is 5.75 Å². The molecule has 0 saturated carbocycles. The van der Waals surface area contributed by atoms with Crippen LogP contribution in [-0.2, 0) is 0 Å². The summed E-state index contributed by atoms with van der Waals surface area (Å²) >= 11 is 0. The van der Waals surface area contributed by atoms with Gasteiger partial charge in [-0.2, -0.15) is 0 Å². The first-order valence-corrected chi connectivity index (χ1v) is 10.5. The second-order valence-electron chi connectivity index (χ2n) is 8.32. The highest BCUT2D eigenvalue weighted by Crippen LogP contribution is 2.40. The lowest BCUT2D eigenvalue weighted by molar-refractivity contribution is 0.149. The van der Waals surface area contributed by atoms with Crippen molar-refractivity contribution in [2.75, 3.05) is 26.7 Å². The Balaban J connectivity index is 1.28. The van der Waals surface area contributed by atoms with Gasteiger partial charge in [-0.15, -0.1) is 0 Å². The van der Waals surface area contributed by atoms with Crippen molar-refractivity contribution in [3.63, 3.8) is 0 Å². The monoisotopic (exact) mass is 342 g/mol. The number of rotatable bonds is 5. The van der Waals surface area contributed by atoms with E-state index in [0.29, 0.717) is 12.1 Å². The molecule has 0 N–H and O–H groups in total. The van der Waals surface area contributed by atoms with Crippen molar-refractivity contribution in [1.29, 1.82) is 0 Å². The average Bonchev–Trinajstić information content (AvgIpc) is 3.08. The van der Waals surface area contributed by atoms with Crippen molar-refractivity contribution in [1.82, 2.24) is 9.80 Å². The Hall–Kier alpha value is -1.06. The fourth-order valence-electron chi connectivity index (χ4n) is 5.23. The van der Waals surface area contributed by atoms with E-state index in [1.165, 1.54) is 70.0 Å². The zero-order chi connectivity index (χ0) is 17.1. The Morgan fingerprint density at radius 3 is 2.56 bits per heavy atom. The Kier molecular flexibility index (Phi) is 5.62. The third-order valence-corrected chi connectivity index (χ3v) is 6.75. The van der Waals surface area contributed by atoms with Gasteiger partial charge in [-0.1, -0.05) is 25.0 Å². The minimum atomic E-state index is 0.648. The first-order valence-electron chi connectivity index (χ1n) is 10.5. The van der Waals surface area contributed by atoms with Gasteiger partial charge < -0.3 is 9.64 Å². The molecule has 3 nitrogen and oxygen atoms in total. The van der Waals surface area contributed by atoms with Gasteiger partial charge in [0.25, 0.3) is 0 Å². The topological polar surface area (TPSA) is 15.7 Å². The summed E-state index contributed by atoms with van der Waals surface area (Å²) < 4.78 is 6.04. The molecule has 3 heterocycles. The van der Waals surface area contributed by atoms with Crippen molar-refractivity contribution in [2.24, 2.45) is 0 Å². The highest BCUT2D eigenvalue weighted by Gasteiger charge is 2.35. The largest absolute Gasteiger partial charge is 0.494 e. The summed E-state index contributed by atoms with van der Waals surface area (Å²) in [6.45, 7) is 3.38. The van der Waals surface area contributed by atoms with Gasteiger partial charge in [0.15, 0.2) is 0 Å². The van der Waals surface area contributed by atoms with Crippen LogP contribution in [0.3, 0.4) is 0 Å². The van der Waals surface area contributed by atoms with E-state index in [4.69, 9.17) is 4.74 Å². The van der Waals surface area contributed by atoms with Crippen LogP contribution < -0.4 is 4.74 Å². The lowest BCUT2D eigenvalue weighted by atomic mass is 10.0. The van der Waals surface area contributed by atoms with Crippen LogP contribution in [0.4, 0.5) is 0 Å². The number of fused-ring (bicyclic) bond motifs is 1. The van der Waals surface area contributed by atoms with Gasteiger partial charge in [0.2, 0.25) is 0 Å². The standard InChI is InChI=1S/C22H34N2O/c1-23-15-4-2-6-19(23)14-17-25-21-11-8-18(9-12-21)22-13-10-20-7-3-5-16-24(20)22/h8-9,11-12,19-20,22H,2-7,10,13-17H2,1H3/t19?,20-,22-/m1/s1. The Bertz CT molecular complexity index is 543. The van der Waals surface area contributed by atoms with Crippen molar-refractivity contribution in [2.45, 2.75) is 75.9 Å². The van der Waals surface area contributed by atoms with E-state index < -0.39 is 0 Å². The molecule has 138 valence electrons. The molecule has 4 rings (SSSR count).